The van der Waals surface area contributed by atoms with Crippen molar-refractivity contribution in [3.63, 3.8) is 0 Å². The van der Waals surface area contributed by atoms with Crippen molar-refractivity contribution in [1.82, 2.24) is 0 Å². The van der Waals surface area contributed by atoms with Crippen molar-refractivity contribution in [3.05, 3.63) is 53.6 Å². The first kappa shape index (κ1) is 19.2. The number of alkyl halides is 3. The lowest BCUT2D eigenvalue weighted by Gasteiger charge is -2.16. The lowest BCUT2D eigenvalue weighted by molar-refractivity contribution is -0.137. The smallest absolute Gasteiger partial charge is 0.416 e. The van der Waals surface area contributed by atoms with Crippen LogP contribution < -0.4 is 10.1 Å². The molecule has 0 saturated carbocycles. The summed E-state index contributed by atoms with van der Waals surface area (Å²) in [5.74, 6) is -0.268. The van der Waals surface area contributed by atoms with Crippen molar-refractivity contribution in [2.45, 2.75) is 24.4 Å². The zero-order chi connectivity index (χ0) is 18.4. The average Bonchev–Trinajstić information content (AvgIpc) is 2.59. The molecule has 0 atom stereocenters. The molecule has 2 aromatic carbocycles. The second-order valence-electron chi connectivity index (χ2n) is 5.21. The van der Waals surface area contributed by atoms with Gasteiger partial charge in [-0.1, -0.05) is 19.1 Å². The quantitative estimate of drug-likeness (QED) is 0.687. The maximum atomic E-state index is 13.0. The summed E-state index contributed by atoms with van der Waals surface area (Å²) in [6, 6.07) is 9.97. The number of benzene rings is 2. The van der Waals surface area contributed by atoms with Crippen molar-refractivity contribution in [3.8, 4) is 5.75 Å². The monoisotopic (exact) mass is 369 g/mol. The predicted octanol–water partition coefficient (Wildman–Crippen LogP) is 5.47. The number of nitrogens with one attached hydrogen (secondary N) is 1. The molecule has 25 heavy (non-hydrogen) atoms. The summed E-state index contributed by atoms with van der Waals surface area (Å²) in [5, 5.41) is 2.55. The molecule has 7 heteroatoms. The van der Waals surface area contributed by atoms with Crippen molar-refractivity contribution in [2.24, 2.45) is 0 Å². The normalized spacial score (nSPS) is 11.2. The van der Waals surface area contributed by atoms with Crippen LogP contribution in [0.3, 0.4) is 0 Å². The minimum absolute atomic E-state index is 0.00387. The SMILES string of the molecule is CCCOc1ccc(C(F)(F)F)cc1NC(=O)c1ccccc1SC. The molecule has 0 aromatic heterocycles. The number of halogens is 3. The van der Waals surface area contributed by atoms with E-state index in [9.17, 15) is 18.0 Å². The molecule has 0 fully saturated rings. The van der Waals surface area contributed by atoms with Crippen LogP contribution in [0.5, 0.6) is 5.75 Å². The van der Waals surface area contributed by atoms with E-state index in [2.05, 4.69) is 5.32 Å². The highest BCUT2D eigenvalue weighted by Gasteiger charge is 2.31. The summed E-state index contributed by atoms with van der Waals surface area (Å²) in [4.78, 5) is 13.3. The summed E-state index contributed by atoms with van der Waals surface area (Å²) >= 11 is 1.39. The lowest BCUT2D eigenvalue weighted by Crippen LogP contribution is -2.15. The molecule has 0 aliphatic carbocycles. The highest BCUT2D eigenvalue weighted by molar-refractivity contribution is 7.98. The number of ether oxygens (including phenoxy) is 1. The highest BCUT2D eigenvalue weighted by Crippen LogP contribution is 2.35. The Morgan fingerprint density at radius 2 is 1.92 bits per heavy atom. The van der Waals surface area contributed by atoms with Gasteiger partial charge in [-0.2, -0.15) is 13.2 Å². The van der Waals surface area contributed by atoms with Gasteiger partial charge in [-0.25, -0.2) is 0 Å². The van der Waals surface area contributed by atoms with E-state index in [4.69, 9.17) is 4.74 Å². The van der Waals surface area contributed by atoms with Gasteiger partial charge in [0.25, 0.3) is 5.91 Å². The topological polar surface area (TPSA) is 38.3 Å². The number of hydrogen-bond donors (Lipinski definition) is 1. The molecule has 2 rings (SSSR count). The maximum absolute atomic E-state index is 13.0. The summed E-state index contributed by atoms with van der Waals surface area (Å²) in [6.07, 6.45) is -1.98. The highest BCUT2D eigenvalue weighted by atomic mass is 32.2. The lowest BCUT2D eigenvalue weighted by atomic mass is 10.1. The molecule has 2 aromatic rings. The summed E-state index contributed by atoms with van der Waals surface area (Å²) in [7, 11) is 0. The van der Waals surface area contributed by atoms with Crippen molar-refractivity contribution >= 4 is 23.4 Å². The Bertz CT molecular complexity index is 747. The Hall–Kier alpha value is -2.15. The molecule has 3 nitrogen and oxygen atoms in total. The molecule has 0 aliphatic heterocycles. The Labute approximate surface area is 148 Å². The minimum Gasteiger partial charge on any atom is -0.491 e. The molecular weight excluding hydrogens is 351 g/mol. The van der Waals surface area contributed by atoms with Gasteiger partial charge in [0.05, 0.1) is 23.4 Å². The Morgan fingerprint density at radius 1 is 1.20 bits per heavy atom. The van der Waals surface area contributed by atoms with Gasteiger partial charge in [-0.05, 0) is 43.0 Å². The molecule has 0 spiro atoms. The van der Waals surface area contributed by atoms with Crippen molar-refractivity contribution < 1.29 is 22.7 Å². The third kappa shape index (κ3) is 4.92. The summed E-state index contributed by atoms with van der Waals surface area (Å²) in [6.45, 7) is 2.23. The standard InChI is InChI=1S/C18H18F3NO2S/c1-3-10-24-15-9-8-12(18(19,20)21)11-14(15)22-17(23)13-6-4-5-7-16(13)25-2/h4-9,11H,3,10H2,1-2H3,(H,22,23). The van der Waals surface area contributed by atoms with Crippen LogP contribution in [0.25, 0.3) is 0 Å². The third-order valence-corrected chi connectivity index (χ3v) is 4.16. The molecular formula is C18H18F3NO2S. The zero-order valence-corrected chi connectivity index (χ0v) is 14.6. The number of carbonyl (C=O) groups is 1. The summed E-state index contributed by atoms with van der Waals surface area (Å²) < 4.78 is 44.4. The van der Waals surface area contributed by atoms with Gasteiger partial charge in [-0.3, -0.25) is 4.79 Å². The molecule has 1 N–H and O–H groups in total. The molecule has 0 bridgehead atoms. The molecule has 0 saturated heterocycles. The molecule has 0 heterocycles. The van der Waals surface area contributed by atoms with Gasteiger partial charge in [0.1, 0.15) is 5.75 Å². The third-order valence-electron chi connectivity index (χ3n) is 3.37. The maximum Gasteiger partial charge on any atom is 0.416 e. The number of thioether (sulfide) groups is 1. The van der Waals surface area contributed by atoms with Crippen LogP contribution in [0.4, 0.5) is 18.9 Å². The van der Waals surface area contributed by atoms with Crippen molar-refractivity contribution in [2.75, 3.05) is 18.2 Å². The Balaban J connectivity index is 2.36. The van der Waals surface area contributed by atoms with Gasteiger partial charge >= 0.3 is 6.18 Å². The number of carbonyl (C=O) groups excluding carboxylic acids is 1. The Kier molecular flexibility index (Phi) is 6.36. The van der Waals surface area contributed by atoms with E-state index in [1.807, 2.05) is 13.2 Å². The zero-order valence-electron chi connectivity index (χ0n) is 13.8. The summed E-state index contributed by atoms with van der Waals surface area (Å²) in [5.41, 5.74) is -0.442. The molecule has 0 radical (unpaired) electrons. The first-order valence-corrected chi connectivity index (χ1v) is 8.87. The van der Waals surface area contributed by atoms with E-state index in [0.717, 1.165) is 17.0 Å². The van der Waals surface area contributed by atoms with E-state index in [0.29, 0.717) is 18.6 Å². The van der Waals surface area contributed by atoms with E-state index >= 15 is 0 Å². The van der Waals surface area contributed by atoms with Crippen molar-refractivity contribution in [1.29, 1.82) is 0 Å². The first-order valence-electron chi connectivity index (χ1n) is 7.65. The number of rotatable bonds is 6. The fraction of sp³-hybridized carbons (Fsp3) is 0.278. The molecule has 0 aliphatic rings. The van der Waals surface area contributed by atoms with E-state index in [-0.39, 0.29) is 11.4 Å². The van der Waals surface area contributed by atoms with Crippen LogP contribution >= 0.6 is 11.8 Å². The fourth-order valence-electron chi connectivity index (χ4n) is 2.16. The van der Waals surface area contributed by atoms with Crippen LogP contribution in [0, 0.1) is 0 Å². The van der Waals surface area contributed by atoms with Gasteiger partial charge in [0.15, 0.2) is 0 Å². The van der Waals surface area contributed by atoms with Gasteiger partial charge in [0.2, 0.25) is 0 Å². The molecule has 0 unspecified atom stereocenters. The second-order valence-corrected chi connectivity index (χ2v) is 6.06. The molecule has 1 amide bonds. The van der Waals surface area contributed by atoms with Gasteiger partial charge < -0.3 is 10.1 Å². The predicted molar refractivity (Wildman–Crippen MR) is 93.4 cm³/mol. The van der Waals surface area contributed by atoms with Crippen LogP contribution in [-0.4, -0.2) is 18.8 Å². The van der Waals surface area contributed by atoms with Crippen LogP contribution in [0.15, 0.2) is 47.4 Å². The number of hydrogen-bond acceptors (Lipinski definition) is 3. The first-order chi connectivity index (χ1) is 11.9. The van der Waals surface area contributed by atoms with Crippen LogP contribution in [0.1, 0.15) is 29.3 Å². The van der Waals surface area contributed by atoms with E-state index in [1.165, 1.54) is 17.8 Å². The largest absolute Gasteiger partial charge is 0.491 e. The van der Waals surface area contributed by atoms with Gasteiger partial charge in [0, 0.05) is 4.90 Å². The van der Waals surface area contributed by atoms with Crippen LogP contribution in [-0.2, 0) is 6.18 Å². The Morgan fingerprint density at radius 3 is 2.56 bits per heavy atom. The van der Waals surface area contributed by atoms with E-state index in [1.54, 1.807) is 24.3 Å². The fourth-order valence-corrected chi connectivity index (χ4v) is 2.76. The van der Waals surface area contributed by atoms with Crippen LogP contribution in [0.2, 0.25) is 0 Å². The second kappa shape index (κ2) is 8.29. The number of amides is 1. The molecule has 134 valence electrons. The number of anilines is 1. The van der Waals surface area contributed by atoms with E-state index < -0.39 is 17.6 Å². The van der Waals surface area contributed by atoms with Gasteiger partial charge in [-0.15, -0.1) is 11.8 Å². The minimum atomic E-state index is -4.50. The average molecular weight is 369 g/mol.